The van der Waals surface area contributed by atoms with Gasteiger partial charge in [-0.2, -0.15) is 5.10 Å². The normalized spacial score (nSPS) is 15.2. The Kier molecular flexibility index (Phi) is 7.88. The van der Waals surface area contributed by atoms with E-state index in [1.54, 1.807) is 15.8 Å². The predicted molar refractivity (Wildman–Crippen MR) is 102 cm³/mol. The molecule has 1 aromatic rings. The molecule has 0 atom stereocenters. The van der Waals surface area contributed by atoms with Gasteiger partial charge in [-0.15, -0.1) is 36.3 Å². The van der Waals surface area contributed by atoms with E-state index in [1.165, 1.54) is 0 Å². The van der Waals surface area contributed by atoms with E-state index in [4.69, 9.17) is 6.42 Å². The molecule has 1 aliphatic heterocycles. The largest absolute Gasteiger partial charge is 0.357 e. The number of halogens is 1. The van der Waals surface area contributed by atoms with Crippen molar-refractivity contribution in [3.05, 3.63) is 12.4 Å². The Balaban J connectivity index is 0.00000264. The first-order valence-corrected chi connectivity index (χ1v) is 7.41. The maximum Gasteiger partial charge on any atom is 0.246 e. The summed E-state index contributed by atoms with van der Waals surface area (Å²) in [7, 11) is 1.84. The maximum absolute atomic E-state index is 12.4. The van der Waals surface area contributed by atoms with Gasteiger partial charge in [0.25, 0.3) is 0 Å². The highest BCUT2D eigenvalue weighted by atomic mass is 127. The van der Waals surface area contributed by atoms with Crippen molar-refractivity contribution in [2.75, 3.05) is 37.6 Å². The molecule has 0 radical (unpaired) electrons. The molecule has 1 N–H and O–H groups in total. The van der Waals surface area contributed by atoms with Gasteiger partial charge in [-0.1, -0.05) is 0 Å². The Labute approximate surface area is 154 Å². The topological polar surface area (TPSA) is 65.8 Å². The zero-order chi connectivity index (χ0) is 15.9. The average Bonchev–Trinajstić information content (AvgIpc) is 2.93. The van der Waals surface area contributed by atoms with Crippen LogP contribution in [0.5, 0.6) is 0 Å². The first kappa shape index (κ1) is 19.3. The van der Waals surface area contributed by atoms with E-state index < -0.39 is 0 Å². The number of aromatic nitrogens is 2. The molecule has 1 amide bonds. The third kappa shape index (κ3) is 5.13. The van der Waals surface area contributed by atoms with Gasteiger partial charge in [0.2, 0.25) is 5.91 Å². The van der Waals surface area contributed by atoms with Gasteiger partial charge in [-0.3, -0.25) is 14.5 Å². The zero-order valence-corrected chi connectivity index (χ0v) is 15.9. The number of rotatable bonds is 4. The molecule has 8 heteroatoms. The number of nitrogens with one attached hydrogen (secondary N) is 1. The van der Waals surface area contributed by atoms with Crippen LogP contribution in [0.3, 0.4) is 0 Å². The first-order valence-electron chi connectivity index (χ1n) is 7.41. The molecular weight excluding hydrogens is 407 g/mol. The highest BCUT2D eigenvalue weighted by molar-refractivity contribution is 14.0. The molecule has 7 nitrogen and oxygen atoms in total. The SMILES string of the molecule is C#CCCN=C(NCC)N1CCN(c2cnn(C)c2)C(=O)C1.I. The van der Waals surface area contributed by atoms with Gasteiger partial charge >= 0.3 is 0 Å². The van der Waals surface area contributed by atoms with Gasteiger partial charge in [-0.05, 0) is 6.92 Å². The summed E-state index contributed by atoms with van der Waals surface area (Å²) >= 11 is 0. The molecule has 0 aromatic carbocycles. The number of anilines is 1. The van der Waals surface area contributed by atoms with Crippen molar-refractivity contribution < 1.29 is 4.79 Å². The van der Waals surface area contributed by atoms with E-state index >= 15 is 0 Å². The molecule has 0 spiro atoms. The summed E-state index contributed by atoms with van der Waals surface area (Å²) in [6.07, 6.45) is 9.40. The molecule has 126 valence electrons. The van der Waals surface area contributed by atoms with Gasteiger partial charge < -0.3 is 15.1 Å². The number of aryl methyl sites for hydroxylation is 1. The lowest BCUT2D eigenvalue weighted by Gasteiger charge is -2.35. The molecule has 0 unspecified atom stereocenters. The van der Waals surface area contributed by atoms with Gasteiger partial charge in [-0.25, -0.2) is 0 Å². The van der Waals surface area contributed by atoms with Crippen LogP contribution in [0.15, 0.2) is 17.4 Å². The second-order valence-electron chi connectivity index (χ2n) is 5.03. The Morgan fingerprint density at radius 2 is 2.30 bits per heavy atom. The molecule has 1 fully saturated rings. The van der Waals surface area contributed by atoms with Crippen LogP contribution in [-0.2, 0) is 11.8 Å². The molecule has 1 saturated heterocycles. The van der Waals surface area contributed by atoms with Crippen molar-refractivity contribution >= 4 is 41.5 Å². The maximum atomic E-state index is 12.4. The lowest BCUT2D eigenvalue weighted by molar-refractivity contribution is -0.120. The summed E-state index contributed by atoms with van der Waals surface area (Å²) in [6.45, 7) is 4.97. The number of guanidine groups is 1. The number of piperazine rings is 1. The second-order valence-corrected chi connectivity index (χ2v) is 5.03. The van der Waals surface area contributed by atoms with Crippen molar-refractivity contribution in [1.29, 1.82) is 0 Å². The summed E-state index contributed by atoms with van der Waals surface area (Å²) in [4.78, 5) is 20.6. The summed E-state index contributed by atoms with van der Waals surface area (Å²) in [6, 6.07) is 0. The number of nitrogens with zero attached hydrogens (tertiary/aromatic N) is 5. The number of terminal acetylenes is 1. The van der Waals surface area contributed by atoms with Crippen LogP contribution in [0, 0.1) is 12.3 Å². The number of carbonyl (C=O) groups excluding carboxylic acids is 1. The fraction of sp³-hybridized carbons (Fsp3) is 0.533. The molecule has 0 bridgehead atoms. The Morgan fingerprint density at radius 3 is 2.87 bits per heavy atom. The van der Waals surface area contributed by atoms with Crippen LogP contribution >= 0.6 is 24.0 Å². The minimum atomic E-state index is 0. The lowest BCUT2D eigenvalue weighted by Crippen LogP contribution is -2.55. The number of aliphatic imine (C=N–C) groups is 1. The van der Waals surface area contributed by atoms with Crippen LogP contribution in [-0.4, -0.2) is 59.3 Å². The van der Waals surface area contributed by atoms with E-state index in [1.807, 2.05) is 25.1 Å². The number of carbonyl (C=O) groups is 1. The van der Waals surface area contributed by atoms with E-state index in [9.17, 15) is 4.79 Å². The number of amides is 1. The summed E-state index contributed by atoms with van der Waals surface area (Å²) < 4.78 is 1.69. The number of hydrogen-bond acceptors (Lipinski definition) is 3. The third-order valence-corrected chi connectivity index (χ3v) is 3.38. The second kappa shape index (κ2) is 9.39. The van der Waals surface area contributed by atoms with Gasteiger partial charge in [0, 0.05) is 39.3 Å². The summed E-state index contributed by atoms with van der Waals surface area (Å²) in [5.41, 5.74) is 0.835. The van der Waals surface area contributed by atoms with Gasteiger partial charge in [0.05, 0.1) is 18.4 Å². The monoisotopic (exact) mass is 430 g/mol. The first-order chi connectivity index (χ1) is 10.7. The van der Waals surface area contributed by atoms with Crippen molar-refractivity contribution in [1.82, 2.24) is 20.0 Å². The van der Waals surface area contributed by atoms with Crippen LogP contribution < -0.4 is 10.2 Å². The zero-order valence-electron chi connectivity index (χ0n) is 13.5. The Bertz CT molecular complexity index is 591. The highest BCUT2D eigenvalue weighted by Gasteiger charge is 2.27. The van der Waals surface area contributed by atoms with Gasteiger partial charge in [0.15, 0.2) is 5.96 Å². The van der Waals surface area contributed by atoms with Crippen LogP contribution in [0.2, 0.25) is 0 Å². The van der Waals surface area contributed by atoms with Crippen molar-refractivity contribution in [3.63, 3.8) is 0 Å². The average molecular weight is 430 g/mol. The predicted octanol–water partition coefficient (Wildman–Crippen LogP) is 0.676. The molecule has 1 aromatic heterocycles. The van der Waals surface area contributed by atoms with E-state index in [0.29, 0.717) is 26.1 Å². The molecule has 0 saturated carbocycles. The number of hydrogen-bond donors (Lipinski definition) is 1. The molecule has 1 aliphatic rings. The minimum Gasteiger partial charge on any atom is -0.357 e. The van der Waals surface area contributed by atoms with Crippen LogP contribution in [0.25, 0.3) is 0 Å². The minimum absolute atomic E-state index is 0. The van der Waals surface area contributed by atoms with Crippen molar-refractivity contribution in [3.8, 4) is 12.3 Å². The standard InChI is InChI=1S/C15H22N6O.HI/c1-4-6-7-17-15(16-5-2)20-8-9-21(14(22)12-20)13-10-18-19(3)11-13;/h1,10-11H,5-9,12H2,2-3H3,(H,16,17);1H. The van der Waals surface area contributed by atoms with Gasteiger partial charge in [0.1, 0.15) is 6.54 Å². The molecule has 23 heavy (non-hydrogen) atoms. The highest BCUT2D eigenvalue weighted by Crippen LogP contribution is 2.16. The Hall–Kier alpha value is -1.76. The third-order valence-electron chi connectivity index (χ3n) is 3.38. The fourth-order valence-electron chi connectivity index (χ4n) is 2.33. The van der Waals surface area contributed by atoms with E-state index in [0.717, 1.165) is 24.7 Å². The molecule has 2 heterocycles. The van der Waals surface area contributed by atoms with E-state index in [-0.39, 0.29) is 29.9 Å². The summed E-state index contributed by atoms with van der Waals surface area (Å²) in [5.74, 6) is 3.36. The van der Waals surface area contributed by atoms with Crippen molar-refractivity contribution in [2.24, 2.45) is 12.0 Å². The lowest BCUT2D eigenvalue weighted by atomic mass is 10.3. The van der Waals surface area contributed by atoms with Crippen LogP contribution in [0.4, 0.5) is 5.69 Å². The van der Waals surface area contributed by atoms with Crippen molar-refractivity contribution in [2.45, 2.75) is 13.3 Å². The smallest absolute Gasteiger partial charge is 0.246 e. The molecule has 0 aliphatic carbocycles. The van der Waals surface area contributed by atoms with Crippen LogP contribution in [0.1, 0.15) is 13.3 Å². The fourth-order valence-corrected chi connectivity index (χ4v) is 2.33. The van der Waals surface area contributed by atoms with E-state index in [2.05, 4.69) is 21.3 Å². The molecule has 2 rings (SSSR count). The molecular formula is C15H23IN6O. The Morgan fingerprint density at radius 1 is 1.52 bits per heavy atom. The quantitative estimate of drug-likeness (QED) is 0.251. The summed E-state index contributed by atoms with van der Waals surface area (Å²) in [5, 5.41) is 7.32.